The smallest absolute Gasteiger partial charge is 0.271 e. The predicted octanol–water partition coefficient (Wildman–Crippen LogP) is 5.68. The van der Waals surface area contributed by atoms with Crippen LogP contribution in [0.3, 0.4) is 0 Å². The fourth-order valence-electron chi connectivity index (χ4n) is 4.22. The molecular formula is C27H37N5O. The Kier molecular flexibility index (Phi) is 8.64. The van der Waals surface area contributed by atoms with Crippen LogP contribution >= 0.6 is 0 Å². The highest BCUT2D eigenvalue weighted by molar-refractivity contribution is 6.01. The normalized spacial score (nSPS) is 16.4. The van der Waals surface area contributed by atoms with Gasteiger partial charge in [-0.15, -0.1) is 0 Å². The Bertz CT molecular complexity index is 1030. The van der Waals surface area contributed by atoms with E-state index in [1.54, 1.807) is 17.1 Å². The molecule has 1 aliphatic rings. The molecule has 2 aromatic rings. The highest BCUT2D eigenvalue weighted by Crippen LogP contribution is 2.20. The second-order valence-electron chi connectivity index (χ2n) is 8.85. The van der Waals surface area contributed by atoms with Gasteiger partial charge in [0, 0.05) is 12.2 Å². The van der Waals surface area contributed by atoms with E-state index in [1.165, 1.54) is 24.8 Å². The third-order valence-electron chi connectivity index (χ3n) is 6.22. The summed E-state index contributed by atoms with van der Waals surface area (Å²) in [5, 5.41) is 6.58. The summed E-state index contributed by atoms with van der Waals surface area (Å²) < 4.78 is 1.80. The minimum absolute atomic E-state index is 0.0626. The molecule has 1 amide bonds. The molecule has 2 N–H and O–H groups in total. The van der Waals surface area contributed by atoms with Crippen LogP contribution in [0.2, 0.25) is 0 Å². The van der Waals surface area contributed by atoms with Gasteiger partial charge < -0.3 is 10.6 Å². The van der Waals surface area contributed by atoms with Gasteiger partial charge in [0.25, 0.3) is 5.91 Å². The summed E-state index contributed by atoms with van der Waals surface area (Å²) in [6, 6.07) is 8.60. The number of amides is 1. The average Bonchev–Trinajstić information content (AvgIpc) is 3.31. The van der Waals surface area contributed by atoms with Crippen LogP contribution < -0.4 is 10.6 Å². The molecule has 0 aliphatic heterocycles. The molecule has 6 nitrogen and oxygen atoms in total. The van der Waals surface area contributed by atoms with Crippen molar-refractivity contribution in [2.45, 2.75) is 78.3 Å². The van der Waals surface area contributed by atoms with Crippen molar-refractivity contribution in [2.75, 3.05) is 0 Å². The zero-order valence-electron chi connectivity index (χ0n) is 20.4. The molecule has 6 heteroatoms. The minimum Gasteiger partial charge on any atom is -0.368 e. The fourth-order valence-corrected chi connectivity index (χ4v) is 4.22. The summed E-state index contributed by atoms with van der Waals surface area (Å²) in [4.78, 5) is 22.1. The number of allylic oxidation sites excluding steroid dienone is 2. The molecule has 1 aromatic heterocycles. The molecule has 0 spiro atoms. The summed E-state index contributed by atoms with van der Waals surface area (Å²) in [6.45, 7) is 12.2. The Hall–Kier alpha value is -3.15. The lowest BCUT2D eigenvalue weighted by molar-refractivity contribution is 0.0931. The molecular weight excluding hydrogens is 410 g/mol. The first-order valence-electron chi connectivity index (χ1n) is 12.0. The van der Waals surface area contributed by atoms with Gasteiger partial charge in [-0.25, -0.2) is 9.98 Å². The van der Waals surface area contributed by atoms with E-state index in [0.717, 1.165) is 30.4 Å². The van der Waals surface area contributed by atoms with Crippen LogP contribution in [0.15, 0.2) is 65.8 Å². The van der Waals surface area contributed by atoms with Crippen molar-refractivity contribution < 1.29 is 4.79 Å². The summed E-state index contributed by atoms with van der Waals surface area (Å²) in [5.74, 6) is 1.16. The first-order chi connectivity index (χ1) is 15.9. The first kappa shape index (κ1) is 24.5. The summed E-state index contributed by atoms with van der Waals surface area (Å²) in [6.07, 6.45) is 12.3. The Balaban J connectivity index is 1.75. The quantitative estimate of drug-likeness (QED) is 0.404. The number of hydrogen-bond acceptors (Lipinski definition) is 4. The van der Waals surface area contributed by atoms with E-state index in [0.29, 0.717) is 23.4 Å². The molecule has 3 rings (SSSR count). The molecule has 0 radical (unpaired) electrons. The first-order valence-corrected chi connectivity index (χ1v) is 12.0. The second kappa shape index (κ2) is 11.6. The number of nitrogens with zero attached hydrogens (tertiary/aromatic N) is 3. The monoisotopic (exact) mass is 447 g/mol. The van der Waals surface area contributed by atoms with Crippen molar-refractivity contribution in [2.24, 2.45) is 4.99 Å². The number of rotatable bonds is 8. The van der Waals surface area contributed by atoms with Gasteiger partial charge in [-0.05, 0) is 51.2 Å². The van der Waals surface area contributed by atoms with E-state index in [9.17, 15) is 4.79 Å². The van der Waals surface area contributed by atoms with Crippen molar-refractivity contribution in [3.63, 3.8) is 0 Å². The van der Waals surface area contributed by atoms with Crippen molar-refractivity contribution >= 4 is 11.7 Å². The van der Waals surface area contributed by atoms with E-state index < -0.39 is 0 Å². The number of carbonyl (C=O) groups is 1. The molecule has 0 bridgehead atoms. The maximum atomic E-state index is 13.0. The summed E-state index contributed by atoms with van der Waals surface area (Å²) >= 11 is 0. The van der Waals surface area contributed by atoms with Crippen molar-refractivity contribution in [3.05, 3.63) is 77.7 Å². The molecule has 1 fully saturated rings. The summed E-state index contributed by atoms with van der Waals surface area (Å²) in [7, 11) is 0. The second-order valence-corrected chi connectivity index (χ2v) is 8.85. The largest absolute Gasteiger partial charge is 0.368 e. The van der Waals surface area contributed by atoms with Crippen LogP contribution in [-0.4, -0.2) is 27.3 Å². The van der Waals surface area contributed by atoms with Crippen LogP contribution in [-0.2, 0) is 0 Å². The lowest BCUT2D eigenvalue weighted by Gasteiger charge is -2.23. The maximum Gasteiger partial charge on any atom is 0.271 e. The van der Waals surface area contributed by atoms with Gasteiger partial charge in [-0.3, -0.25) is 9.36 Å². The van der Waals surface area contributed by atoms with Crippen molar-refractivity contribution in [1.29, 1.82) is 0 Å². The predicted molar refractivity (Wildman–Crippen MR) is 135 cm³/mol. The van der Waals surface area contributed by atoms with E-state index >= 15 is 0 Å². The highest BCUT2D eigenvalue weighted by atomic mass is 16.2. The number of hydrogen-bond donors (Lipinski definition) is 2. The van der Waals surface area contributed by atoms with Crippen LogP contribution in [0.5, 0.6) is 0 Å². The Morgan fingerprint density at radius 1 is 1.33 bits per heavy atom. The number of aromatic nitrogens is 2. The number of aliphatic imine (C=N–C) groups is 1. The SMILES string of the molecule is C=C(N=C(/C(C)=C\C)n1cnc(C(=O)NC(CC)c2cccc(C)c2)c1)NC1CCCCC1. The van der Waals surface area contributed by atoms with Crippen molar-refractivity contribution in [1.82, 2.24) is 20.2 Å². The van der Waals surface area contributed by atoms with Gasteiger partial charge in [0.05, 0.1) is 6.04 Å². The van der Waals surface area contributed by atoms with Gasteiger partial charge in [-0.1, -0.05) is 68.7 Å². The zero-order chi connectivity index (χ0) is 23.8. The fraction of sp³-hybridized carbons (Fsp3) is 0.444. The third-order valence-corrected chi connectivity index (χ3v) is 6.22. The van der Waals surface area contributed by atoms with Gasteiger partial charge in [-0.2, -0.15) is 0 Å². The van der Waals surface area contributed by atoms with E-state index in [1.807, 2.05) is 32.1 Å². The van der Waals surface area contributed by atoms with Gasteiger partial charge >= 0.3 is 0 Å². The number of imidazole rings is 1. The molecule has 1 saturated carbocycles. The third kappa shape index (κ3) is 6.67. The maximum absolute atomic E-state index is 13.0. The lowest BCUT2D eigenvalue weighted by atomic mass is 9.96. The van der Waals surface area contributed by atoms with Gasteiger partial charge in [0.2, 0.25) is 0 Å². The minimum atomic E-state index is -0.196. The molecule has 1 aromatic carbocycles. The average molecular weight is 448 g/mol. The molecule has 1 heterocycles. The van der Waals surface area contributed by atoms with E-state index in [-0.39, 0.29) is 11.9 Å². The number of benzene rings is 1. The molecule has 33 heavy (non-hydrogen) atoms. The molecule has 1 aliphatic carbocycles. The van der Waals surface area contributed by atoms with Crippen LogP contribution in [0.25, 0.3) is 0 Å². The Morgan fingerprint density at radius 3 is 2.76 bits per heavy atom. The number of aryl methyl sites for hydroxylation is 1. The zero-order valence-corrected chi connectivity index (χ0v) is 20.4. The molecule has 1 unspecified atom stereocenters. The van der Waals surface area contributed by atoms with Crippen LogP contribution in [0.1, 0.15) is 87.0 Å². The van der Waals surface area contributed by atoms with Gasteiger partial charge in [0.15, 0.2) is 0 Å². The van der Waals surface area contributed by atoms with Crippen LogP contribution in [0, 0.1) is 6.92 Å². The Labute approximate surface area is 197 Å². The van der Waals surface area contributed by atoms with Crippen LogP contribution in [0.4, 0.5) is 0 Å². The van der Waals surface area contributed by atoms with E-state index in [2.05, 4.69) is 48.2 Å². The molecule has 176 valence electrons. The van der Waals surface area contributed by atoms with Gasteiger partial charge in [0.1, 0.15) is 23.7 Å². The van der Waals surface area contributed by atoms with E-state index in [4.69, 9.17) is 4.99 Å². The topological polar surface area (TPSA) is 71.3 Å². The Morgan fingerprint density at radius 2 is 2.09 bits per heavy atom. The molecule has 1 atom stereocenters. The lowest BCUT2D eigenvalue weighted by Crippen LogP contribution is -2.30. The standard InChI is InChI=1S/C27H37N5O/c1-6-20(4)26(30-21(5)29-23-14-9-8-10-15-23)32-17-25(28-18-32)27(33)31-24(7-2)22-13-11-12-19(3)16-22/h6,11-13,16-18,23-24,29H,5,7-10,14-15H2,1-4H3,(H,31,33)/b20-6-,30-26?. The molecule has 0 saturated heterocycles. The summed E-state index contributed by atoms with van der Waals surface area (Å²) in [5.41, 5.74) is 3.62. The highest BCUT2D eigenvalue weighted by Gasteiger charge is 2.18. The number of nitrogens with one attached hydrogen (secondary N) is 2. The number of carbonyl (C=O) groups excluding carboxylic acids is 1. The van der Waals surface area contributed by atoms with Crippen molar-refractivity contribution in [3.8, 4) is 0 Å².